The van der Waals surface area contributed by atoms with Crippen molar-refractivity contribution < 1.29 is 9.90 Å². The Kier molecular flexibility index (Phi) is 4.34. The van der Waals surface area contributed by atoms with Crippen LogP contribution < -0.4 is 10.6 Å². The van der Waals surface area contributed by atoms with E-state index in [1.165, 1.54) is 0 Å². The summed E-state index contributed by atoms with van der Waals surface area (Å²) in [6.45, 7) is 2.47. The number of aliphatic hydroxyl groups excluding tert-OH is 1. The SMILES string of the molecule is CC(CO)(NC(=O)Nc1cnn(Cc2ccccc2)c1)C1CC1. The minimum Gasteiger partial charge on any atom is -0.394 e. The lowest BCUT2D eigenvalue weighted by Crippen LogP contribution is -2.52. The Morgan fingerprint density at radius 1 is 1.39 bits per heavy atom. The van der Waals surface area contributed by atoms with Crippen molar-refractivity contribution in [1.29, 1.82) is 0 Å². The first kappa shape index (κ1) is 15.6. The molecule has 1 saturated carbocycles. The Morgan fingerprint density at radius 3 is 2.78 bits per heavy atom. The molecule has 0 spiro atoms. The van der Waals surface area contributed by atoms with E-state index in [4.69, 9.17) is 0 Å². The van der Waals surface area contributed by atoms with Gasteiger partial charge in [0, 0.05) is 6.20 Å². The van der Waals surface area contributed by atoms with Crippen LogP contribution in [-0.4, -0.2) is 33.1 Å². The molecule has 1 unspecified atom stereocenters. The van der Waals surface area contributed by atoms with Crippen LogP contribution >= 0.6 is 0 Å². The van der Waals surface area contributed by atoms with Crippen LogP contribution in [0.1, 0.15) is 25.3 Å². The van der Waals surface area contributed by atoms with E-state index in [9.17, 15) is 9.90 Å². The molecular formula is C17H22N4O2. The zero-order chi connectivity index (χ0) is 16.3. The van der Waals surface area contributed by atoms with Crippen molar-refractivity contribution in [3.05, 3.63) is 48.3 Å². The summed E-state index contributed by atoms with van der Waals surface area (Å²) in [5.74, 6) is 0.360. The lowest BCUT2D eigenvalue weighted by atomic mass is 9.97. The predicted molar refractivity (Wildman–Crippen MR) is 88.1 cm³/mol. The molecule has 2 aromatic rings. The lowest BCUT2D eigenvalue weighted by molar-refractivity contribution is 0.159. The molecule has 1 aliphatic rings. The number of nitrogens with one attached hydrogen (secondary N) is 2. The molecule has 0 bridgehead atoms. The number of aromatic nitrogens is 2. The third-order valence-corrected chi connectivity index (χ3v) is 4.28. The Bertz CT molecular complexity index is 666. The van der Waals surface area contributed by atoms with Crippen LogP contribution in [0, 0.1) is 5.92 Å². The van der Waals surface area contributed by atoms with Crippen LogP contribution in [-0.2, 0) is 6.54 Å². The topological polar surface area (TPSA) is 79.2 Å². The number of benzene rings is 1. The molecule has 23 heavy (non-hydrogen) atoms. The van der Waals surface area contributed by atoms with Crippen LogP contribution in [0.5, 0.6) is 0 Å². The van der Waals surface area contributed by atoms with Crippen molar-refractivity contribution in [3.8, 4) is 0 Å². The van der Waals surface area contributed by atoms with E-state index >= 15 is 0 Å². The molecule has 2 amide bonds. The highest BCUT2D eigenvalue weighted by Crippen LogP contribution is 2.39. The maximum Gasteiger partial charge on any atom is 0.319 e. The van der Waals surface area contributed by atoms with Crippen LogP contribution in [0.15, 0.2) is 42.7 Å². The number of rotatable bonds is 6. The van der Waals surface area contributed by atoms with E-state index in [0.29, 0.717) is 18.2 Å². The molecule has 3 N–H and O–H groups in total. The van der Waals surface area contributed by atoms with Gasteiger partial charge in [-0.2, -0.15) is 5.10 Å². The maximum atomic E-state index is 12.1. The molecule has 3 rings (SSSR count). The summed E-state index contributed by atoms with van der Waals surface area (Å²) in [6.07, 6.45) is 5.51. The first-order valence-corrected chi connectivity index (χ1v) is 7.85. The van der Waals surface area contributed by atoms with Gasteiger partial charge < -0.3 is 15.7 Å². The number of amides is 2. The highest BCUT2D eigenvalue weighted by molar-refractivity contribution is 5.89. The fraction of sp³-hybridized carbons (Fsp3) is 0.412. The second-order valence-electron chi connectivity index (χ2n) is 6.34. The molecule has 6 heteroatoms. The molecule has 1 aliphatic carbocycles. The van der Waals surface area contributed by atoms with E-state index in [0.717, 1.165) is 18.4 Å². The van der Waals surface area contributed by atoms with Gasteiger partial charge >= 0.3 is 6.03 Å². The van der Waals surface area contributed by atoms with Crippen molar-refractivity contribution >= 4 is 11.7 Å². The van der Waals surface area contributed by atoms with Crippen LogP contribution in [0.2, 0.25) is 0 Å². The average molecular weight is 314 g/mol. The van der Waals surface area contributed by atoms with Crippen LogP contribution in [0.25, 0.3) is 0 Å². The van der Waals surface area contributed by atoms with E-state index in [2.05, 4.69) is 15.7 Å². The fourth-order valence-corrected chi connectivity index (χ4v) is 2.70. The third kappa shape index (κ3) is 3.90. The van der Waals surface area contributed by atoms with Gasteiger partial charge in [-0.15, -0.1) is 0 Å². The smallest absolute Gasteiger partial charge is 0.319 e. The van der Waals surface area contributed by atoms with E-state index in [1.807, 2.05) is 37.3 Å². The zero-order valence-corrected chi connectivity index (χ0v) is 13.2. The molecule has 0 radical (unpaired) electrons. The second kappa shape index (κ2) is 6.42. The third-order valence-electron chi connectivity index (χ3n) is 4.28. The summed E-state index contributed by atoms with van der Waals surface area (Å²) in [6, 6.07) is 9.70. The highest BCUT2D eigenvalue weighted by atomic mass is 16.3. The second-order valence-corrected chi connectivity index (χ2v) is 6.34. The average Bonchev–Trinajstić information content (AvgIpc) is 3.32. The normalized spacial score (nSPS) is 16.6. The minimum absolute atomic E-state index is 0.0572. The van der Waals surface area contributed by atoms with E-state index < -0.39 is 5.54 Å². The largest absolute Gasteiger partial charge is 0.394 e. The molecule has 1 heterocycles. The number of carbonyl (C=O) groups is 1. The summed E-state index contributed by atoms with van der Waals surface area (Å²) >= 11 is 0. The van der Waals surface area contributed by atoms with Crippen molar-refractivity contribution in [2.45, 2.75) is 31.8 Å². The van der Waals surface area contributed by atoms with Crippen LogP contribution in [0.3, 0.4) is 0 Å². The van der Waals surface area contributed by atoms with Crippen LogP contribution in [0.4, 0.5) is 10.5 Å². The molecule has 1 aromatic carbocycles. The van der Waals surface area contributed by atoms with Gasteiger partial charge in [0.05, 0.1) is 30.6 Å². The van der Waals surface area contributed by atoms with Crippen molar-refractivity contribution in [1.82, 2.24) is 15.1 Å². The standard InChI is InChI=1S/C17H22N4O2/c1-17(12-22,14-7-8-14)20-16(23)19-15-9-18-21(11-15)10-13-5-3-2-4-6-13/h2-6,9,11,14,22H,7-8,10,12H2,1H3,(H2,19,20,23). The monoisotopic (exact) mass is 314 g/mol. The van der Waals surface area contributed by atoms with E-state index in [1.54, 1.807) is 17.1 Å². The Labute approximate surface area is 135 Å². The van der Waals surface area contributed by atoms with Gasteiger partial charge in [0.25, 0.3) is 0 Å². The zero-order valence-electron chi connectivity index (χ0n) is 13.2. The molecular weight excluding hydrogens is 292 g/mol. The van der Waals surface area contributed by atoms with Gasteiger partial charge in [-0.1, -0.05) is 30.3 Å². The Balaban J connectivity index is 1.57. The van der Waals surface area contributed by atoms with Gasteiger partial charge in [0.15, 0.2) is 0 Å². The van der Waals surface area contributed by atoms with E-state index in [-0.39, 0.29) is 12.6 Å². The molecule has 1 atom stereocenters. The van der Waals surface area contributed by atoms with Gasteiger partial charge in [0.1, 0.15) is 0 Å². The predicted octanol–water partition coefficient (Wildman–Crippen LogP) is 2.21. The molecule has 6 nitrogen and oxygen atoms in total. The number of nitrogens with zero attached hydrogens (tertiary/aromatic N) is 2. The van der Waals surface area contributed by atoms with Crippen molar-refractivity contribution in [2.24, 2.45) is 5.92 Å². The molecule has 122 valence electrons. The summed E-state index contributed by atoms with van der Waals surface area (Å²) in [7, 11) is 0. The number of hydrogen-bond donors (Lipinski definition) is 3. The van der Waals surface area contributed by atoms with Crippen molar-refractivity contribution in [3.63, 3.8) is 0 Å². The molecule has 0 aliphatic heterocycles. The first-order valence-electron chi connectivity index (χ1n) is 7.85. The molecule has 1 aromatic heterocycles. The summed E-state index contributed by atoms with van der Waals surface area (Å²) in [5, 5.41) is 19.4. The van der Waals surface area contributed by atoms with Gasteiger partial charge in [0.2, 0.25) is 0 Å². The Hall–Kier alpha value is -2.34. The van der Waals surface area contributed by atoms with Gasteiger partial charge in [-0.25, -0.2) is 4.79 Å². The number of anilines is 1. The fourth-order valence-electron chi connectivity index (χ4n) is 2.70. The summed E-state index contributed by atoms with van der Waals surface area (Å²) in [5.41, 5.74) is 1.23. The maximum absolute atomic E-state index is 12.1. The lowest BCUT2D eigenvalue weighted by Gasteiger charge is -2.28. The number of aliphatic hydroxyl groups is 1. The van der Waals surface area contributed by atoms with Gasteiger partial charge in [-0.05, 0) is 31.2 Å². The molecule has 0 saturated heterocycles. The molecule has 1 fully saturated rings. The quantitative estimate of drug-likeness (QED) is 0.765. The summed E-state index contributed by atoms with van der Waals surface area (Å²) in [4.78, 5) is 12.1. The van der Waals surface area contributed by atoms with Crippen molar-refractivity contribution in [2.75, 3.05) is 11.9 Å². The Morgan fingerprint density at radius 2 is 2.13 bits per heavy atom. The number of hydrogen-bond acceptors (Lipinski definition) is 3. The minimum atomic E-state index is -0.551. The van der Waals surface area contributed by atoms with Gasteiger partial charge in [-0.3, -0.25) is 4.68 Å². The highest BCUT2D eigenvalue weighted by Gasteiger charge is 2.42. The first-order chi connectivity index (χ1) is 11.1. The number of urea groups is 1. The number of carbonyl (C=O) groups excluding carboxylic acids is 1. The summed E-state index contributed by atoms with van der Waals surface area (Å²) < 4.78 is 1.77.